The molecule has 0 aromatic rings. The predicted octanol–water partition coefficient (Wildman–Crippen LogP) is 3.93. The summed E-state index contributed by atoms with van der Waals surface area (Å²) in [5.41, 5.74) is 0. The molecule has 1 N–H and O–H groups in total. The van der Waals surface area contributed by atoms with Crippen LogP contribution in [-0.2, 0) is 0 Å². The van der Waals surface area contributed by atoms with Crippen molar-refractivity contribution in [1.82, 2.24) is 5.32 Å². The highest BCUT2D eigenvalue weighted by atomic mass is 32.2. The first-order chi connectivity index (χ1) is 7.22. The maximum atomic E-state index is 3.62. The smallest absolute Gasteiger partial charge is 0.00642 e. The van der Waals surface area contributed by atoms with Gasteiger partial charge < -0.3 is 5.32 Å². The van der Waals surface area contributed by atoms with E-state index in [9.17, 15) is 0 Å². The molecule has 2 unspecified atom stereocenters. The molecule has 0 rings (SSSR count). The van der Waals surface area contributed by atoms with E-state index in [-0.39, 0.29) is 0 Å². The van der Waals surface area contributed by atoms with Gasteiger partial charge >= 0.3 is 0 Å². The molecule has 15 heavy (non-hydrogen) atoms. The maximum absolute atomic E-state index is 3.62. The van der Waals surface area contributed by atoms with E-state index in [2.05, 4.69) is 32.3 Å². The molecule has 0 saturated carbocycles. The van der Waals surface area contributed by atoms with Crippen LogP contribution in [0.2, 0.25) is 0 Å². The lowest BCUT2D eigenvalue weighted by molar-refractivity contribution is 0.386. The average molecular weight is 231 g/mol. The molecule has 0 amide bonds. The van der Waals surface area contributed by atoms with E-state index >= 15 is 0 Å². The van der Waals surface area contributed by atoms with Gasteiger partial charge in [0.2, 0.25) is 0 Å². The molecule has 0 heterocycles. The molecule has 0 fully saturated rings. The van der Waals surface area contributed by atoms with Crippen LogP contribution in [0.15, 0.2) is 0 Å². The van der Waals surface area contributed by atoms with E-state index < -0.39 is 0 Å². The van der Waals surface area contributed by atoms with Crippen molar-refractivity contribution in [1.29, 1.82) is 0 Å². The number of nitrogens with one attached hydrogen (secondary N) is 1. The van der Waals surface area contributed by atoms with Crippen LogP contribution in [0.4, 0.5) is 0 Å². The van der Waals surface area contributed by atoms with Crippen LogP contribution in [0.3, 0.4) is 0 Å². The number of rotatable bonds is 10. The Morgan fingerprint density at radius 3 is 2.33 bits per heavy atom. The van der Waals surface area contributed by atoms with E-state index in [1.54, 1.807) is 0 Å². The maximum Gasteiger partial charge on any atom is 0.00642 e. The van der Waals surface area contributed by atoms with Crippen LogP contribution in [0.25, 0.3) is 0 Å². The van der Waals surface area contributed by atoms with Gasteiger partial charge in [-0.15, -0.1) is 0 Å². The molecule has 0 aromatic carbocycles. The summed E-state index contributed by atoms with van der Waals surface area (Å²) >= 11 is 1.96. The monoisotopic (exact) mass is 231 g/mol. The van der Waals surface area contributed by atoms with Crippen molar-refractivity contribution in [3.8, 4) is 0 Å². The summed E-state index contributed by atoms with van der Waals surface area (Å²) in [5.74, 6) is 2.14. The zero-order chi connectivity index (χ0) is 11.5. The van der Waals surface area contributed by atoms with Crippen molar-refractivity contribution in [2.24, 2.45) is 5.92 Å². The van der Waals surface area contributed by atoms with Gasteiger partial charge in [-0.1, -0.05) is 33.1 Å². The van der Waals surface area contributed by atoms with E-state index in [1.165, 1.54) is 44.4 Å². The summed E-state index contributed by atoms with van der Waals surface area (Å²) in [6, 6.07) is 0.682. The Morgan fingerprint density at radius 2 is 1.73 bits per heavy atom. The topological polar surface area (TPSA) is 12.0 Å². The van der Waals surface area contributed by atoms with Crippen molar-refractivity contribution < 1.29 is 0 Å². The third-order valence-electron chi connectivity index (χ3n) is 3.24. The van der Waals surface area contributed by atoms with Crippen LogP contribution >= 0.6 is 11.8 Å². The van der Waals surface area contributed by atoms with E-state index in [0.717, 1.165) is 5.92 Å². The van der Waals surface area contributed by atoms with Crippen molar-refractivity contribution >= 4 is 11.8 Å². The summed E-state index contributed by atoms with van der Waals surface area (Å²) in [4.78, 5) is 0. The molecule has 0 radical (unpaired) electrons. The van der Waals surface area contributed by atoms with E-state index in [4.69, 9.17) is 0 Å². The molecule has 0 bridgehead atoms. The second-order valence-electron chi connectivity index (χ2n) is 4.54. The van der Waals surface area contributed by atoms with Gasteiger partial charge in [0.15, 0.2) is 0 Å². The molecule has 1 nitrogen and oxygen atoms in total. The fraction of sp³-hybridized carbons (Fsp3) is 1.00. The molecular weight excluding hydrogens is 202 g/mol. The first kappa shape index (κ1) is 15.3. The van der Waals surface area contributed by atoms with Gasteiger partial charge in [-0.25, -0.2) is 0 Å². The van der Waals surface area contributed by atoms with Gasteiger partial charge in [0.05, 0.1) is 0 Å². The van der Waals surface area contributed by atoms with Gasteiger partial charge in [0.25, 0.3) is 0 Å². The predicted molar refractivity (Wildman–Crippen MR) is 73.8 cm³/mol. The quantitative estimate of drug-likeness (QED) is 0.572. The van der Waals surface area contributed by atoms with Gasteiger partial charge in [0.1, 0.15) is 0 Å². The van der Waals surface area contributed by atoms with Crippen LogP contribution < -0.4 is 5.32 Å². The lowest BCUT2D eigenvalue weighted by Gasteiger charge is -2.19. The average Bonchev–Trinajstić information content (AvgIpc) is 2.26. The van der Waals surface area contributed by atoms with E-state index in [1.807, 2.05) is 11.8 Å². The second-order valence-corrected chi connectivity index (χ2v) is 5.52. The molecule has 0 aliphatic rings. The summed E-state index contributed by atoms with van der Waals surface area (Å²) in [5, 5.41) is 3.62. The number of hydrogen-bond donors (Lipinski definition) is 1. The van der Waals surface area contributed by atoms with Crippen LogP contribution in [0.5, 0.6) is 0 Å². The molecular formula is C13H29NS. The van der Waals surface area contributed by atoms with Gasteiger partial charge in [-0.2, -0.15) is 11.8 Å². The zero-order valence-corrected chi connectivity index (χ0v) is 11.8. The van der Waals surface area contributed by atoms with Gasteiger partial charge in [-0.3, -0.25) is 0 Å². The van der Waals surface area contributed by atoms with Gasteiger partial charge in [0, 0.05) is 6.04 Å². The lowest BCUT2D eigenvalue weighted by atomic mass is 10.0. The minimum Gasteiger partial charge on any atom is -0.314 e. The Morgan fingerprint density at radius 1 is 1.07 bits per heavy atom. The van der Waals surface area contributed by atoms with Crippen molar-refractivity contribution in [2.45, 2.75) is 58.9 Å². The third kappa shape index (κ3) is 9.25. The molecule has 0 aliphatic carbocycles. The summed E-state index contributed by atoms with van der Waals surface area (Å²) in [6.45, 7) is 8.11. The van der Waals surface area contributed by atoms with Crippen LogP contribution in [0.1, 0.15) is 52.9 Å². The Balaban J connectivity index is 3.16. The normalized spacial score (nSPS) is 15.2. The highest BCUT2D eigenvalue weighted by Gasteiger charge is 2.07. The van der Waals surface area contributed by atoms with Crippen molar-refractivity contribution in [3.63, 3.8) is 0 Å². The molecule has 0 spiro atoms. The molecule has 92 valence electrons. The summed E-state index contributed by atoms with van der Waals surface area (Å²) in [6.07, 6.45) is 9.00. The Kier molecular flexibility index (Phi) is 11.0. The second kappa shape index (κ2) is 10.8. The standard InChI is InChI=1S/C13H29NS/c1-5-12(2)13(3)14-10-8-6-7-9-11-15-4/h12-14H,5-11H2,1-4H3. The van der Waals surface area contributed by atoms with Crippen molar-refractivity contribution in [3.05, 3.63) is 0 Å². The largest absolute Gasteiger partial charge is 0.314 e. The number of thioether (sulfide) groups is 1. The third-order valence-corrected chi connectivity index (χ3v) is 3.94. The first-order valence-electron chi connectivity index (χ1n) is 6.44. The number of hydrogen-bond acceptors (Lipinski definition) is 2. The first-order valence-corrected chi connectivity index (χ1v) is 7.84. The minimum absolute atomic E-state index is 0.682. The highest BCUT2D eigenvalue weighted by molar-refractivity contribution is 7.98. The lowest BCUT2D eigenvalue weighted by Crippen LogP contribution is -2.32. The zero-order valence-electron chi connectivity index (χ0n) is 11.0. The molecule has 0 saturated heterocycles. The molecule has 2 atom stereocenters. The molecule has 0 aliphatic heterocycles. The van der Waals surface area contributed by atoms with Gasteiger partial charge in [-0.05, 0) is 44.2 Å². The highest BCUT2D eigenvalue weighted by Crippen LogP contribution is 2.07. The fourth-order valence-electron chi connectivity index (χ4n) is 1.61. The molecule has 0 aromatic heterocycles. The van der Waals surface area contributed by atoms with Crippen LogP contribution in [0, 0.1) is 5.92 Å². The number of unbranched alkanes of at least 4 members (excludes halogenated alkanes) is 3. The Labute approximate surface area is 101 Å². The fourth-order valence-corrected chi connectivity index (χ4v) is 2.10. The minimum atomic E-state index is 0.682. The Hall–Kier alpha value is 0.310. The summed E-state index contributed by atoms with van der Waals surface area (Å²) in [7, 11) is 0. The Bertz CT molecular complexity index is 128. The van der Waals surface area contributed by atoms with E-state index in [0.29, 0.717) is 6.04 Å². The summed E-state index contributed by atoms with van der Waals surface area (Å²) < 4.78 is 0. The SMILES string of the molecule is CCC(C)C(C)NCCCCCCSC. The molecule has 2 heteroatoms. The van der Waals surface area contributed by atoms with Crippen LogP contribution in [-0.4, -0.2) is 24.6 Å². The van der Waals surface area contributed by atoms with Crippen molar-refractivity contribution in [2.75, 3.05) is 18.6 Å².